The molecule has 1 rings (SSSR count). The molecule has 0 heterocycles. The number of esters is 1. The lowest BCUT2D eigenvalue weighted by Gasteiger charge is -2.19. The second-order valence-electron chi connectivity index (χ2n) is 6.33. The molecule has 0 atom stereocenters. The second-order valence-corrected chi connectivity index (χ2v) is 6.33. The highest BCUT2D eigenvalue weighted by atomic mass is 16.6. The molecule has 0 saturated heterocycles. The van der Waals surface area contributed by atoms with Crippen molar-refractivity contribution in [1.82, 2.24) is 5.32 Å². The van der Waals surface area contributed by atoms with E-state index in [1.165, 1.54) is 24.8 Å². The molecule has 1 aliphatic carbocycles. The lowest BCUT2D eigenvalue weighted by atomic mass is 10.0. The van der Waals surface area contributed by atoms with Gasteiger partial charge in [-0.3, -0.25) is 4.79 Å². The van der Waals surface area contributed by atoms with E-state index in [0.717, 1.165) is 19.3 Å². The summed E-state index contributed by atoms with van der Waals surface area (Å²) in [5.41, 5.74) is 0.609. The molecule has 120 valence electrons. The molecule has 1 N–H and O–H groups in total. The molecule has 1 aliphatic rings. The topological polar surface area (TPSA) is 64.6 Å². The number of carbonyl (C=O) groups excluding carboxylic acids is 2. The van der Waals surface area contributed by atoms with Gasteiger partial charge in [0.15, 0.2) is 0 Å². The van der Waals surface area contributed by atoms with Crippen LogP contribution in [0.25, 0.3) is 0 Å². The smallest absolute Gasteiger partial charge is 0.408 e. The summed E-state index contributed by atoms with van der Waals surface area (Å²) in [7, 11) is 0. The van der Waals surface area contributed by atoms with Crippen molar-refractivity contribution in [3.63, 3.8) is 0 Å². The first-order valence-electron chi connectivity index (χ1n) is 7.67. The zero-order valence-electron chi connectivity index (χ0n) is 13.4. The van der Waals surface area contributed by atoms with Gasteiger partial charge in [-0.1, -0.05) is 18.9 Å². The predicted molar refractivity (Wildman–Crippen MR) is 81.0 cm³/mol. The Morgan fingerprint density at radius 3 is 2.62 bits per heavy atom. The van der Waals surface area contributed by atoms with Crippen LogP contribution in [-0.2, 0) is 14.3 Å². The molecule has 0 radical (unpaired) electrons. The largest absolute Gasteiger partial charge is 0.460 e. The Bertz CT molecular complexity index is 382. The van der Waals surface area contributed by atoms with Crippen LogP contribution in [0.2, 0.25) is 0 Å². The van der Waals surface area contributed by atoms with Gasteiger partial charge in [0, 0.05) is 0 Å². The van der Waals surface area contributed by atoms with Gasteiger partial charge in [0.2, 0.25) is 0 Å². The quantitative estimate of drug-likeness (QED) is 0.638. The molecule has 21 heavy (non-hydrogen) atoms. The molecule has 0 aromatic carbocycles. The van der Waals surface area contributed by atoms with E-state index < -0.39 is 17.7 Å². The summed E-state index contributed by atoms with van der Waals surface area (Å²) in [5.74, 6) is -0.441. The van der Waals surface area contributed by atoms with Crippen molar-refractivity contribution in [3.05, 3.63) is 11.6 Å². The Balaban J connectivity index is 2.22. The van der Waals surface area contributed by atoms with Crippen LogP contribution >= 0.6 is 0 Å². The molecule has 5 heteroatoms. The number of allylic oxidation sites excluding steroid dienone is 1. The minimum absolute atomic E-state index is 0.164. The summed E-state index contributed by atoms with van der Waals surface area (Å²) in [5, 5.41) is 2.39. The SMILES string of the molecule is CC(C)(C)OC(=O)NCC(=O)OC/C1=C/CCCCCC1. The molecule has 0 fully saturated rings. The highest BCUT2D eigenvalue weighted by Crippen LogP contribution is 2.17. The maximum atomic E-state index is 11.6. The Morgan fingerprint density at radius 2 is 1.90 bits per heavy atom. The van der Waals surface area contributed by atoms with Crippen LogP contribution in [0.4, 0.5) is 4.79 Å². The minimum Gasteiger partial charge on any atom is -0.460 e. The third-order valence-corrected chi connectivity index (χ3v) is 3.08. The van der Waals surface area contributed by atoms with Gasteiger partial charge >= 0.3 is 12.1 Å². The third-order valence-electron chi connectivity index (χ3n) is 3.08. The van der Waals surface area contributed by atoms with Crippen molar-refractivity contribution in [2.24, 2.45) is 0 Å². The minimum atomic E-state index is -0.607. The van der Waals surface area contributed by atoms with Crippen molar-refractivity contribution in [1.29, 1.82) is 0 Å². The molecule has 0 bridgehead atoms. The van der Waals surface area contributed by atoms with E-state index >= 15 is 0 Å². The van der Waals surface area contributed by atoms with E-state index in [-0.39, 0.29) is 6.54 Å². The summed E-state index contributed by atoms with van der Waals surface area (Å²) >= 11 is 0. The molecule has 0 saturated carbocycles. The number of carbonyl (C=O) groups is 2. The highest BCUT2D eigenvalue weighted by Gasteiger charge is 2.17. The maximum absolute atomic E-state index is 11.6. The molecule has 5 nitrogen and oxygen atoms in total. The van der Waals surface area contributed by atoms with E-state index in [1.807, 2.05) is 0 Å². The molecule has 0 aromatic heterocycles. The van der Waals surface area contributed by atoms with Gasteiger partial charge in [-0.2, -0.15) is 0 Å². The lowest BCUT2D eigenvalue weighted by Crippen LogP contribution is -2.36. The van der Waals surface area contributed by atoms with Gasteiger partial charge in [0.1, 0.15) is 18.8 Å². The Labute approximate surface area is 127 Å². The summed E-state index contributed by atoms with van der Waals surface area (Å²) < 4.78 is 10.2. The van der Waals surface area contributed by atoms with Crippen molar-refractivity contribution >= 4 is 12.1 Å². The fourth-order valence-corrected chi connectivity index (χ4v) is 2.07. The van der Waals surface area contributed by atoms with E-state index in [0.29, 0.717) is 6.61 Å². The van der Waals surface area contributed by atoms with Gasteiger partial charge in [-0.25, -0.2) is 4.79 Å². The van der Waals surface area contributed by atoms with Crippen LogP contribution in [0.1, 0.15) is 59.3 Å². The zero-order chi connectivity index (χ0) is 15.7. The Kier molecular flexibility index (Phi) is 7.26. The Morgan fingerprint density at radius 1 is 1.19 bits per heavy atom. The summed E-state index contributed by atoms with van der Waals surface area (Å²) in [6.45, 7) is 5.47. The van der Waals surface area contributed by atoms with E-state index in [4.69, 9.17) is 9.47 Å². The van der Waals surface area contributed by atoms with Crippen LogP contribution in [0.5, 0.6) is 0 Å². The summed E-state index contributed by atoms with van der Waals surface area (Å²) in [6, 6.07) is 0. The number of alkyl carbamates (subject to hydrolysis) is 1. The van der Waals surface area contributed by atoms with Crippen LogP contribution < -0.4 is 5.32 Å². The van der Waals surface area contributed by atoms with E-state index in [2.05, 4.69) is 11.4 Å². The average Bonchev–Trinajstić information content (AvgIpc) is 2.33. The number of amides is 1. The molecular weight excluding hydrogens is 270 g/mol. The molecule has 1 amide bonds. The Hall–Kier alpha value is -1.52. The number of ether oxygens (including phenoxy) is 2. The first-order chi connectivity index (χ1) is 9.87. The molecule has 0 unspecified atom stereocenters. The van der Waals surface area contributed by atoms with E-state index in [1.54, 1.807) is 20.8 Å². The van der Waals surface area contributed by atoms with Gasteiger partial charge in [0.05, 0.1) is 0 Å². The number of hydrogen-bond acceptors (Lipinski definition) is 4. The number of rotatable bonds is 4. The van der Waals surface area contributed by atoms with Crippen molar-refractivity contribution in [2.45, 2.75) is 64.9 Å². The van der Waals surface area contributed by atoms with Crippen molar-refractivity contribution in [2.75, 3.05) is 13.2 Å². The zero-order valence-corrected chi connectivity index (χ0v) is 13.4. The van der Waals surface area contributed by atoms with Gasteiger partial charge < -0.3 is 14.8 Å². The summed E-state index contributed by atoms with van der Waals surface area (Å²) in [4.78, 5) is 23.0. The first kappa shape index (κ1) is 17.5. The standard InChI is InChI=1S/C16H27NO4/c1-16(2,3)21-15(19)17-11-14(18)20-12-13-9-7-5-4-6-8-10-13/h9H,4-8,10-12H2,1-3H3,(H,17,19)/b13-9+. The van der Waals surface area contributed by atoms with Gasteiger partial charge in [-0.15, -0.1) is 0 Å². The lowest BCUT2D eigenvalue weighted by molar-refractivity contribution is -0.141. The van der Waals surface area contributed by atoms with Crippen LogP contribution in [0.3, 0.4) is 0 Å². The van der Waals surface area contributed by atoms with Crippen molar-refractivity contribution in [3.8, 4) is 0 Å². The van der Waals surface area contributed by atoms with Gasteiger partial charge in [0.25, 0.3) is 0 Å². The predicted octanol–water partition coefficient (Wildman–Crippen LogP) is 3.33. The molecule has 0 aromatic rings. The average molecular weight is 297 g/mol. The summed E-state index contributed by atoms with van der Waals surface area (Å²) in [6.07, 6.45) is 8.50. The van der Waals surface area contributed by atoms with E-state index in [9.17, 15) is 9.59 Å². The second kappa shape index (κ2) is 8.70. The number of hydrogen-bond donors (Lipinski definition) is 1. The van der Waals surface area contributed by atoms with Crippen LogP contribution in [0, 0.1) is 0 Å². The fourth-order valence-electron chi connectivity index (χ4n) is 2.07. The fraction of sp³-hybridized carbons (Fsp3) is 0.750. The first-order valence-corrected chi connectivity index (χ1v) is 7.67. The van der Waals surface area contributed by atoms with Gasteiger partial charge in [-0.05, 0) is 52.0 Å². The molecular formula is C16H27NO4. The number of nitrogens with one attached hydrogen (secondary N) is 1. The highest BCUT2D eigenvalue weighted by molar-refractivity contribution is 5.78. The van der Waals surface area contributed by atoms with Crippen LogP contribution in [0.15, 0.2) is 11.6 Å². The molecule has 0 aliphatic heterocycles. The van der Waals surface area contributed by atoms with Crippen LogP contribution in [-0.4, -0.2) is 30.8 Å². The maximum Gasteiger partial charge on any atom is 0.408 e. The molecule has 0 spiro atoms. The monoisotopic (exact) mass is 297 g/mol. The third kappa shape index (κ3) is 9.10. The van der Waals surface area contributed by atoms with Crippen molar-refractivity contribution < 1.29 is 19.1 Å². The normalized spacial score (nSPS) is 18.7.